The predicted molar refractivity (Wildman–Crippen MR) is 162 cm³/mol. The first-order chi connectivity index (χ1) is 19.5. The summed E-state index contributed by atoms with van der Waals surface area (Å²) in [7, 11) is 1.89. The molecule has 1 aliphatic rings. The molecule has 0 bridgehead atoms. The molecule has 1 fully saturated rings. The number of hydrogen-bond donors (Lipinski definition) is 1. The lowest BCUT2D eigenvalue weighted by atomic mass is 9.87. The Kier molecular flexibility index (Phi) is 8.13. The molecule has 0 atom stereocenters. The average molecular weight is 558 g/mol. The fraction of sp³-hybridized carbons (Fsp3) is 0.424. The molecule has 3 heterocycles. The smallest absolute Gasteiger partial charge is 0.208 e. The zero-order chi connectivity index (χ0) is 29.3. The maximum atomic E-state index is 14.7. The first kappa shape index (κ1) is 28.7. The lowest BCUT2D eigenvalue weighted by molar-refractivity contribution is -0.123. The number of nitrogens with zero attached hydrogens (tertiary/aromatic N) is 4. The van der Waals surface area contributed by atoms with E-state index in [4.69, 9.17) is 9.72 Å². The molecule has 216 valence electrons. The van der Waals surface area contributed by atoms with Crippen LogP contribution in [0.1, 0.15) is 58.7 Å². The van der Waals surface area contributed by atoms with Crippen molar-refractivity contribution in [3.05, 3.63) is 71.8 Å². The number of aromatic nitrogens is 3. The van der Waals surface area contributed by atoms with Gasteiger partial charge in [0.1, 0.15) is 23.1 Å². The maximum absolute atomic E-state index is 14.7. The normalized spacial score (nSPS) is 15.0. The molecule has 1 aliphatic heterocycles. The van der Waals surface area contributed by atoms with Gasteiger partial charge in [0.15, 0.2) is 0 Å². The third-order valence-corrected chi connectivity index (χ3v) is 8.03. The van der Waals surface area contributed by atoms with Gasteiger partial charge in [-0.3, -0.25) is 9.78 Å². The Bertz CT molecular complexity index is 1550. The summed E-state index contributed by atoms with van der Waals surface area (Å²) >= 11 is 0. The summed E-state index contributed by atoms with van der Waals surface area (Å²) in [5, 5.41) is 3.17. The molecule has 0 saturated carbocycles. The highest BCUT2D eigenvalue weighted by atomic mass is 19.1. The highest BCUT2D eigenvalue weighted by Gasteiger charge is 2.26. The fourth-order valence-electron chi connectivity index (χ4n) is 5.38. The summed E-state index contributed by atoms with van der Waals surface area (Å²) in [5.74, 6) is 1.78. The van der Waals surface area contributed by atoms with Crippen LogP contribution in [0, 0.1) is 11.7 Å². The second-order valence-electron chi connectivity index (χ2n) is 12.3. The van der Waals surface area contributed by atoms with E-state index in [1.54, 1.807) is 12.3 Å². The molecule has 5 rings (SSSR count). The molecule has 2 aromatic carbocycles. The molecule has 8 heteroatoms. The van der Waals surface area contributed by atoms with Crippen LogP contribution in [0.5, 0.6) is 11.5 Å². The number of benzene rings is 2. The van der Waals surface area contributed by atoms with Gasteiger partial charge in [0.05, 0.1) is 22.4 Å². The number of likely N-dealkylation sites (tertiary alicyclic amines) is 1. The largest absolute Gasteiger partial charge is 0.457 e. The van der Waals surface area contributed by atoms with E-state index in [-0.39, 0.29) is 22.9 Å². The number of carbonyl (C=O) groups excluding carboxylic acids is 1. The number of Topliss-reactive ketones (excluding diaryl/α,β-unsaturated/α-hetero) is 1. The third-order valence-electron chi connectivity index (χ3n) is 8.03. The van der Waals surface area contributed by atoms with Gasteiger partial charge in [0.25, 0.3) is 0 Å². The molecule has 0 amide bonds. The number of halogens is 1. The number of hydrogen-bond acceptors (Lipinski definition) is 6. The summed E-state index contributed by atoms with van der Waals surface area (Å²) < 4.78 is 22.7. The van der Waals surface area contributed by atoms with Crippen LogP contribution in [0.25, 0.3) is 11.0 Å². The van der Waals surface area contributed by atoms with Gasteiger partial charge in [-0.05, 0) is 81.1 Å². The van der Waals surface area contributed by atoms with Crippen molar-refractivity contribution in [2.24, 2.45) is 13.0 Å². The molecule has 1 saturated heterocycles. The van der Waals surface area contributed by atoms with Crippen LogP contribution >= 0.6 is 0 Å². The number of aryl methyl sites for hydroxylation is 1. The van der Waals surface area contributed by atoms with Gasteiger partial charge in [-0.2, -0.15) is 0 Å². The number of anilines is 2. The van der Waals surface area contributed by atoms with Crippen LogP contribution in [0.2, 0.25) is 0 Å². The van der Waals surface area contributed by atoms with Crippen molar-refractivity contribution in [3.8, 4) is 11.5 Å². The molecule has 2 aromatic heterocycles. The van der Waals surface area contributed by atoms with Crippen LogP contribution in [0.15, 0.2) is 54.7 Å². The zero-order valence-corrected chi connectivity index (χ0v) is 24.9. The van der Waals surface area contributed by atoms with Crippen LogP contribution in [0.4, 0.5) is 16.0 Å². The number of rotatable bonds is 8. The van der Waals surface area contributed by atoms with Gasteiger partial charge in [0, 0.05) is 43.8 Å². The summed E-state index contributed by atoms with van der Waals surface area (Å²) in [4.78, 5) is 24.5. The predicted octanol–water partition coefficient (Wildman–Crippen LogP) is 7.17. The number of pyridine rings is 1. The van der Waals surface area contributed by atoms with E-state index in [2.05, 4.69) is 49.8 Å². The van der Waals surface area contributed by atoms with Gasteiger partial charge in [-0.15, -0.1) is 0 Å². The van der Waals surface area contributed by atoms with Crippen LogP contribution < -0.4 is 10.1 Å². The van der Waals surface area contributed by atoms with Crippen LogP contribution in [-0.2, 0) is 23.7 Å². The van der Waals surface area contributed by atoms with E-state index in [1.165, 1.54) is 6.07 Å². The number of piperidine rings is 1. The molecule has 0 spiro atoms. The number of fused-ring (bicyclic) bond motifs is 1. The van der Waals surface area contributed by atoms with Gasteiger partial charge in [0.2, 0.25) is 5.95 Å². The Morgan fingerprint density at radius 1 is 1.07 bits per heavy atom. The molecule has 0 aliphatic carbocycles. The first-order valence-electron chi connectivity index (χ1n) is 14.4. The van der Waals surface area contributed by atoms with Crippen molar-refractivity contribution in [2.75, 3.05) is 18.4 Å². The highest BCUT2D eigenvalue weighted by molar-refractivity contribution is 5.83. The van der Waals surface area contributed by atoms with Gasteiger partial charge < -0.3 is 19.5 Å². The van der Waals surface area contributed by atoms with E-state index in [9.17, 15) is 9.18 Å². The van der Waals surface area contributed by atoms with Crippen molar-refractivity contribution in [2.45, 2.75) is 65.3 Å². The van der Waals surface area contributed by atoms with Crippen molar-refractivity contribution in [1.82, 2.24) is 19.4 Å². The minimum Gasteiger partial charge on any atom is -0.457 e. The van der Waals surface area contributed by atoms with Crippen LogP contribution in [-0.4, -0.2) is 44.3 Å². The van der Waals surface area contributed by atoms with Gasteiger partial charge in [-0.1, -0.05) is 26.8 Å². The standard InChI is InChI=1S/C33H40FN5O2/c1-21(2)39-15-12-22(13-16-39)31(40)19-24-18-26(11-14-35-24)41-25-8-10-30-29(20-25)37-32(38(30)6)36-28-17-23(33(3,4)5)7-9-27(28)34/h7-11,14,17-18,20-22H,12-13,15-16,19H2,1-6H3,(H,36,37). The van der Waals surface area contributed by atoms with Crippen LogP contribution in [0.3, 0.4) is 0 Å². The number of nitrogens with one attached hydrogen (secondary N) is 1. The summed E-state index contributed by atoms with van der Waals surface area (Å²) in [6.45, 7) is 12.6. The number of ketones is 1. The molecule has 7 nitrogen and oxygen atoms in total. The molecule has 4 aromatic rings. The van der Waals surface area contributed by atoms with E-state index >= 15 is 0 Å². The minimum atomic E-state index is -0.331. The molecule has 0 radical (unpaired) electrons. The van der Waals surface area contributed by atoms with Gasteiger partial charge in [-0.25, -0.2) is 9.37 Å². The first-order valence-corrected chi connectivity index (χ1v) is 14.4. The fourth-order valence-corrected chi connectivity index (χ4v) is 5.38. The molecular formula is C33H40FN5O2. The monoisotopic (exact) mass is 557 g/mol. The zero-order valence-electron chi connectivity index (χ0n) is 24.9. The lowest BCUT2D eigenvalue weighted by Crippen LogP contribution is -2.40. The Labute approximate surface area is 241 Å². The van der Waals surface area contributed by atoms with Crippen molar-refractivity contribution >= 4 is 28.5 Å². The number of imidazole rings is 1. The summed E-state index contributed by atoms with van der Waals surface area (Å²) in [6, 6.07) is 14.9. The average Bonchev–Trinajstić information content (AvgIpc) is 3.23. The number of ether oxygens (including phenoxy) is 1. The van der Waals surface area contributed by atoms with E-state index in [1.807, 2.05) is 48.0 Å². The Hall–Kier alpha value is -3.78. The third kappa shape index (κ3) is 6.59. The Balaban J connectivity index is 1.28. The quantitative estimate of drug-likeness (QED) is 0.248. The Morgan fingerprint density at radius 3 is 2.51 bits per heavy atom. The molecular weight excluding hydrogens is 517 g/mol. The SMILES string of the molecule is CC(C)N1CCC(C(=O)Cc2cc(Oc3ccc4c(c3)nc(Nc3cc(C(C)(C)C)ccc3F)n4C)ccn2)CC1. The highest BCUT2D eigenvalue weighted by Crippen LogP contribution is 2.31. The molecule has 0 unspecified atom stereocenters. The second-order valence-corrected chi connectivity index (χ2v) is 12.3. The van der Waals surface area contributed by atoms with Gasteiger partial charge >= 0.3 is 0 Å². The Morgan fingerprint density at radius 2 is 1.80 bits per heavy atom. The topological polar surface area (TPSA) is 72.3 Å². The van der Waals surface area contributed by atoms with Crippen molar-refractivity contribution < 1.29 is 13.9 Å². The number of carbonyl (C=O) groups is 1. The van der Waals surface area contributed by atoms with E-state index in [0.29, 0.717) is 41.3 Å². The summed E-state index contributed by atoms with van der Waals surface area (Å²) in [6.07, 6.45) is 3.80. The second kappa shape index (κ2) is 11.6. The van der Waals surface area contributed by atoms with Crippen molar-refractivity contribution in [1.29, 1.82) is 0 Å². The lowest BCUT2D eigenvalue weighted by Gasteiger charge is -2.33. The maximum Gasteiger partial charge on any atom is 0.208 e. The van der Waals surface area contributed by atoms with E-state index < -0.39 is 0 Å². The molecule has 41 heavy (non-hydrogen) atoms. The van der Waals surface area contributed by atoms with E-state index in [0.717, 1.165) is 42.5 Å². The minimum absolute atomic E-state index is 0.0927. The summed E-state index contributed by atoms with van der Waals surface area (Å²) in [5.41, 5.74) is 3.63. The van der Waals surface area contributed by atoms with Crippen molar-refractivity contribution in [3.63, 3.8) is 0 Å². The molecule has 1 N–H and O–H groups in total.